The molecule has 0 saturated carbocycles. The van der Waals surface area contributed by atoms with Gasteiger partial charge in [-0.15, -0.1) is 0 Å². The number of nitrogens with two attached hydrogens (primary N) is 1. The van der Waals surface area contributed by atoms with Gasteiger partial charge >= 0.3 is 0 Å². The molecule has 148 valence electrons. The molecule has 0 spiro atoms. The van der Waals surface area contributed by atoms with Gasteiger partial charge in [0, 0.05) is 35.9 Å². The van der Waals surface area contributed by atoms with Crippen molar-refractivity contribution in [2.45, 2.75) is 26.7 Å². The van der Waals surface area contributed by atoms with Crippen molar-refractivity contribution in [3.05, 3.63) is 82.7 Å². The van der Waals surface area contributed by atoms with Crippen molar-refractivity contribution in [1.82, 2.24) is 10.3 Å². The number of carbonyl (C=O) groups is 1. The number of nitrogens with one attached hydrogen (secondary N) is 2. The van der Waals surface area contributed by atoms with Crippen LogP contribution in [0.4, 0.5) is 5.69 Å². The standard InChI is InChI=1S/C24H26N4O/c1-16-20(11-12-23(26)22(16)15-25)19-9-7-18(8-10-19)5-3-14-28-24(29)21-6-4-13-27-17(21)2/h4,6-13,15,25H,3,5,14,26H2,1-2H3,(H,28,29). The zero-order valence-electron chi connectivity index (χ0n) is 16.8. The lowest BCUT2D eigenvalue weighted by Crippen LogP contribution is -2.25. The first kappa shape index (κ1) is 20.3. The van der Waals surface area contributed by atoms with Crippen LogP contribution >= 0.6 is 0 Å². The Bertz CT molecular complexity index is 1030. The van der Waals surface area contributed by atoms with Crippen molar-refractivity contribution in [2.24, 2.45) is 0 Å². The number of hydrogen-bond acceptors (Lipinski definition) is 4. The quantitative estimate of drug-likeness (QED) is 0.321. The average Bonchev–Trinajstić information content (AvgIpc) is 2.72. The number of hydrogen-bond donors (Lipinski definition) is 3. The predicted molar refractivity (Wildman–Crippen MR) is 119 cm³/mol. The predicted octanol–water partition coefficient (Wildman–Crippen LogP) is 4.31. The summed E-state index contributed by atoms with van der Waals surface area (Å²) in [6.45, 7) is 4.45. The second kappa shape index (κ2) is 9.15. The Morgan fingerprint density at radius 1 is 1.14 bits per heavy atom. The van der Waals surface area contributed by atoms with Gasteiger partial charge in [0.15, 0.2) is 0 Å². The van der Waals surface area contributed by atoms with E-state index in [4.69, 9.17) is 11.1 Å². The third-order valence-electron chi connectivity index (χ3n) is 5.14. The molecule has 4 N–H and O–H groups in total. The highest BCUT2D eigenvalue weighted by Gasteiger charge is 2.09. The number of anilines is 1. The molecular formula is C24H26N4O. The number of pyridine rings is 1. The zero-order valence-corrected chi connectivity index (χ0v) is 16.8. The van der Waals surface area contributed by atoms with Crippen LogP contribution in [0.25, 0.3) is 11.1 Å². The van der Waals surface area contributed by atoms with Gasteiger partial charge in [0.05, 0.1) is 5.56 Å². The lowest BCUT2D eigenvalue weighted by molar-refractivity contribution is 0.0952. The normalized spacial score (nSPS) is 10.6. The largest absolute Gasteiger partial charge is 0.398 e. The SMILES string of the molecule is Cc1ncccc1C(=O)NCCCc1ccc(-c2ccc(N)c(C=N)c2C)cc1. The van der Waals surface area contributed by atoms with Gasteiger partial charge in [-0.3, -0.25) is 9.78 Å². The van der Waals surface area contributed by atoms with E-state index in [2.05, 4.69) is 34.6 Å². The molecule has 29 heavy (non-hydrogen) atoms. The van der Waals surface area contributed by atoms with Crippen LogP contribution in [0.15, 0.2) is 54.7 Å². The Morgan fingerprint density at radius 2 is 1.90 bits per heavy atom. The smallest absolute Gasteiger partial charge is 0.253 e. The number of aromatic nitrogens is 1. The molecule has 3 rings (SSSR count). The van der Waals surface area contributed by atoms with Crippen LogP contribution in [0.2, 0.25) is 0 Å². The monoisotopic (exact) mass is 386 g/mol. The lowest BCUT2D eigenvalue weighted by atomic mass is 9.94. The fraction of sp³-hybridized carbons (Fsp3) is 0.208. The average molecular weight is 386 g/mol. The van der Waals surface area contributed by atoms with Crippen LogP contribution in [0.3, 0.4) is 0 Å². The Hall–Kier alpha value is -3.47. The van der Waals surface area contributed by atoms with Gasteiger partial charge in [-0.25, -0.2) is 0 Å². The summed E-state index contributed by atoms with van der Waals surface area (Å²) in [7, 11) is 0. The molecule has 3 aromatic rings. The molecule has 0 radical (unpaired) electrons. The molecule has 0 unspecified atom stereocenters. The Kier molecular flexibility index (Phi) is 6.39. The van der Waals surface area contributed by atoms with Gasteiger partial charge in [-0.2, -0.15) is 0 Å². The number of carbonyl (C=O) groups excluding carboxylic acids is 1. The Morgan fingerprint density at radius 3 is 2.59 bits per heavy atom. The van der Waals surface area contributed by atoms with Gasteiger partial charge in [0.2, 0.25) is 0 Å². The van der Waals surface area contributed by atoms with Gasteiger partial charge in [0.1, 0.15) is 0 Å². The first-order valence-corrected chi connectivity index (χ1v) is 9.70. The number of aryl methyl sites for hydroxylation is 2. The lowest BCUT2D eigenvalue weighted by Gasteiger charge is -2.12. The van der Waals surface area contributed by atoms with Crippen LogP contribution < -0.4 is 11.1 Å². The maximum absolute atomic E-state index is 12.2. The van der Waals surface area contributed by atoms with Crippen molar-refractivity contribution < 1.29 is 4.79 Å². The fourth-order valence-electron chi connectivity index (χ4n) is 3.42. The highest BCUT2D eigenvalue weighted by molar-refractivity contribution is 5.95. The second-order valence-corrected chi connectivity index (χ2v) is 7.08. The van der Waals surface area contributed by atoms with Gasteiger partial charge in [-0.1, -0.05) is 30.3 Å². The van der Waals surface area contributed by atoms with Crippen molar-refractivity contribution in [1.29, 1.82) is 5.41 Å². The number of nitrogens with zero attached hydrogens (tertiary/aromatic N) is 1. The minimum Gasteiger partial charge on any atom is -0.398 e. The summed E-state index contributed by atoms with van der Waals surface area (Å²) in [5.41, 5.74) is 13.1. The van der Waals surface area contributed by atoms with E-state index in [1.54, 1.807) is 18.3 Å². The summed E-state index contributed by atoms with van der Waals surface area (Å²) in [4.78, 5) is 16.4. The van der Waals surface area contributed by atoms with E-state index in [0.29, 0.717) is 17.8 Å². The first-order valence-electron chi connectivity index (χ1n) is 9.70. The molecule has 1 aromatic heterocycles. The molecule has 0 aliphatic carbocycles. The minimum atomic E-state index is -0.0771. The summed E-state index contributed by atoms with van der Waals surface area (Å²) in [6, 6.07) is 15.8. The molecule has 1 amide bonds. The number of nitrogen functional groups attached to an aromatic ring is 1. The van der Waals surface area contributed by atoms with Crippen molar-refractivity contribution in [2.75, 3.05) is 12.3 Å². The van der Waals surface area contributed by atoms with Gasteiger partial charge in [0.25, 0.3) is 5.91 Å². The van der Waals surface area contributed by atoms with E-state index in [0.717, 1.165) is 40.8 Å². The Labute approximate surface area is 171 Å². The van der Waals surface area contributed by atoms with E-state index in [-0.39, 0.29) is 5.91 Å². The molecule has 0 bridgehead atoms. The summed E-state index contributed by atoms with van der Waals surface area (Å²) in [5, 5.41) is 10.5. The van der Waals surface area contributed by atoms with E-state index in [1.165, 1.54) is 11.8 Å². The Balaban J connectivity index is 1.57. The topological polar surface area (TPSA) is 91.9 Å². The van der Waals surface area contributed by atoms with Crippen LogP contribution in [-0.4, -0.2) is 23.7 Å². The highest BCUT2D eigenvalue weighted by Crippen LogP contribution is 2.28. The molecule has 5 heteroatoms. The summed E-state index contributed by atoms with van der Waals surface area (Å²) in [6.07, 6.45) is 4.75. The molecule has 5 nitrogen and oxygen atoms in total. The van der Waals surface area contributed by atoms with Crippen LogP contribution in [0.1, 0.15) is 39.2 Å². The number of rotatable bonds is 7. The number of amides is 1. The van der Waals surface area contributed by atoms with E-state index < -0.39 is 0 Å². The maximum atomic E-state index is 12.2. The molecule has 0 atom stereocenters. The van der Waals surface area contributed by atoms with Crippen LogP contribution in [-0.2, 0) is 6.42 Å². The molecule has 0 aliphatic rings. The zero-order chi connectivity index (χ0) is 20.8. The second-order valence-electron chi connectivity index (χ2n) is 7.08. The van der Waals surface area contributed by atoms with Gasteiger partial charge < -0.3 is 16.5 Å². The molecule has 0 saturated heterocycles. The molecule has 2 aromatic carbocycles. The van der Waals surface area contributed by atoms with E-state index in [9.17, 15) is 4.79 Å². The summed E-state index contributed by atoms with van der Waals surface area (Å²) in [5.74, 6) is -0.0771. The van der Waals surface area contributed by atoms with Crippen molar-refractivity contribution in [3.63, 3.8) is 0 Å². The fourth-order valence-corrected chi connectivity index (χ4v) is 3.42. The molecule has 0 fully saturated rings. The number of benzene rings is 2. The van der Waals surface area contributed by atoms with Crippen molar-refractivity contribution >= 4 is 17.8 Å². The highest BCUT2D eigenvalue weighted by atomic mass is 16.1. The van der Waals surface area contributed by atoms with E-state index >= 15 is 0 Å². The third-order valence-corrected chi connectivity index (χ3v) is 5.14. The van der Waals surface area contributed by atoms with Crippen LogP contribution in [0.5, 0.6) is 0 Å². The minimum absolute atomic E-state index is 0.0771. The molecule has 0 aliphatic heterocycles. The van der Waals surface area contributed by atoms with Crippen molar-refractivity contribution in [3.8, 4) is 11.1 Å². The summed E-state index contributed by atoms with van der Waals surface area (Å²) >= 11 is 0. The third kappa shape index (κ3) is 4.69. The van der Waals surface area contributed by atoms with Gasteiger partial charge in [-0.05, 0) is 67.1 Å². The summed E-state index contributed by atoms with van der Waals surface area (Å²) < 4.78 is 0. The first-order chi connectivity index (χ1) is 14.0. The molecular weight excluding hydrogens is 360 g/mol. The van der Waals surface area contributed by atoms with E-state index in [1.807, 2.05) is 26.0 Å². The molecule has 1 heterocycles. The van der Waals surface area contributed by atoms with Crippen LogP contribution in [0, 0.1) is 19.3 Å². The maximum Gasteiger partial charge on any atom is 0.253 e.